The number of phenolic OH excluding ortho intramolecular Hbond substituents is 1. The molecule has 1 atom stereocenters. The fourth-order valence-electron chi connectivity index (χ4n) is 3.70. The van der Waals surface area contributed by atoms with Crippen molar-refractivity contribution in [2.24, 2.45) is 5.73 Å². The Kier molecular flexibility index (Phi) is 8.22. The first-order valence-electron chi connectivity index (χ1n) is 11.8. The molecule has 4 aromatic rings. The smallest absolute Gasteiger partial charge is 0.241 e. The first-order valence-corrected chi connectivity index (χ1v) is 11.8. The quantitative estimate of drug-likeness (QED) is 0.211. The molecule has 0 fully saturated rings. The molecule has 0 saturated carbocycles. The molecule has 0 spiro atoms. The van der Waals surface area contributed by atoms with Crippen molar-refractivity contribution in [2.75, 3.05) is 23.1 Å². The number of methoxy groups -OCH3 is 1. The third-order valence-corrected chi connectivity index (χ3v) is 5.70. The van der Waals surface area contributed by atoms with Crippen LogP contribution in [0.15, 0.2) is 79.0 Å². The van der Waals surface area contributed by atoms with E-state index in [2.05, 4.69) is 25.9 Å². The Morgan fingerprint density at radius 3 is 2.62 bits per heavy atom. The molecule has 188 valence electrons. The predicted octanol–water partition coefficient (Wildman–Crippen LogP) is 2.31. The first-order chi connectivity index (χ1) is 17.9. The van der Waals surface area contributed by atoms with Gasteiger partial charge in [-0.05, 0) is 53.3 Å². The topological polar surface area (TPSA) is 134 Å². The molecule has 6 N–H and O–H groups in total. The van der Waals surface area contributed by atoms with E-state index in [4.69, 9.17) is 10.5 Å². The Labute approximate surface area is 216 Å². The number of nitrogens with one attached hydrogen (secondary N) is 3. The van der Waals surface area contributed by atoms with Crippen LogP contribution >= 0.6 is 0 Å². The van der Waals surface area contributed by atoms with Gasteiger partial charge in [-0.15, -0.1) is 0 Å². The zero-order valence-corrected chi connectivity index (χ0v) is 20.7. The Bertz CT molecular complexity index is 1370. The average molecular weight is 496 g/mol. The fourth-order valence-corrected chi connectivity index (χ4v) is 3.70. The molecule has 1 aromatic heterocycles. The van der Waals surface area contributed by atoms with Gasteiger partial charge in [-0.2, -0.15) is 4.98 Å². The lowest BCUT2D eigenvalue weighted by Gasteiger charge is -2.14. The highest BCUT2D eigenvalue weighted by Crippen LogP contribution is 2.26. The number of aromatic hydroxyl groups is 1. The summed E-state index contributed by atoms with van der Waals surface area (Å²) < 4.78 is 5.17. The summed E-state index contributed by atoms with van der Waals surface area (Å²) in [6.07, 6.45) is 2.18. The van der Waals surface area contributed by atoms with Crippen LogP contribution < -0.4 is 31.9 Å². The second-order valence-electron chi connectivity index (χ2n) is 8.58. The zero-order valence-electron chi connectivity index (χ0n) is 20.7. The van der Waals surface area contributed by atoms with E-state index < -0.39 is 6.04 Å². The molecule has 4 rings (SSSR count). The van der Waals surface area contributed by atoms with Gasteiger partial charge in [0.05, 0.1) is 13.2 Å². The standard InChI is InChI=1S/C27H29BN6O3/c1-37-24-13-18(10-11-23(24)35)15-30-25-21(28)16-31-27(34-25)33-20-9-5-8-19(14-20)32-26(36)22(29)12-17-6-3-2-4-7-17/h2-11,13-14,16,22,35H,12,15,28-29H2,1H3,(H,32,36)(H2,30,31,33,34). The van der Waals surface area contributed by atoms with Gasteiger partial charge in [0, 0.05) is 24.1 Å². The molecule has 1 amide bonds. The second kappa shape index (κ2) is 11.9. The molecule has 0 radical (unpaired) electrons. The Hall–Kier alpha value is -4.57. The van der Waals surface area contributed by atoms with E-state index in [1.807, 2.05) is 56.4 Å². The van der Waals surface area contributed by atoms with Gasteiger partial charge in [-0.3, -0.25) is 4.79 Å². The molecule has 1 heterocycles. The van der Waals surface area contributed by atoms with E-state index in [-0.39, 0.29) is 11.7 Å². The van der Waals surface area contributed by atoms with Crippen molar-refractivity contribution in [3.63, 3.8) is 0 Å². The van der Waals surface area contributed by atoms with Crippen molar-refractivity contribution in [3.05, 3.63) is 90.1 Å². The van der Waals surface area contributed by atoms with E-state index in [0.29, 0.717) is 41.9 Å². The number of carbonyl (C=O) groups excluding carboxylic acids is 1. The summed E-state index contributed by atoms with van der Waals surface area (Å²) in [5.41, 5.74) is 10.3. The molecule has 37 heavy (non-hydrogen) atoms. The van der Waals surface area contributed by atoms with Gasteiger partial charge in [-0.25, -0.2) is 4.98 Å². The number of nitrogens with two attached hydrogens (primary N) is 1. The maximum atomic E-state index is 12.6. The number of aromatic nitrogens is 2. The van der Waals surface area contributed by atoms with Gasteiger partial charge < -0.3 is 31.5 Å². The summed E-state index contributed by atoms with van der Waals surface area (Å²) in [6.45, 7) is 0.485. The number of carbonyl (C=O) groups is 1. The summed E-state index contributed by atoms with van der Waals surface area (Å²) in [5.74, 6) is 1.31. The van der Waals surface area contributed by atoms with Crippen molar-refractivity contribution in [3.8, 4) is 11.5 Å². The summed E-state index contributed by atoms with van der Waals surface area (Å²) in [4.78, 5) is 21.6. The summed E-state index contributed by atoms with van der Waals surface area (Å²) >= 11 is 0. The van der Waals surface area contributed by atoms with Gasteiger partial charge in [0.1, 0.15) is 13.7 Å². The van der Waals surface area contributed by atoms with Gasteiger partial charge in [0.15, 0.2) is 11.5 Å². The molecule has 0 bridgehead atoms. The lowest BCUT2D eigenvalue weighted by Crippen LogP contribution is -2.37. The van der Waals surface area contributed by atoms with Crippen molar-refractivity contribution >= 4 is 42.4 Å². The first kappa shape index (κ1) is 25.5. The van der Waals surface area contributed by atoms with Gasteiger partial charge in [0.25, 0.3) is 0 Å². The van der Waals surface area contributed by atoms with Crippen LogP contribution in [0.4, 0.5) is 23.1 Å². The molecular formula is C27H29BN6O3. The number of amides is 1. The van der Waals surface area contributed by atoms with E-state index in [0.717, 1.165) is 16.6 Å². The third kappa shape index (κ3) is 6.99. The second-order valence-corrected chi connectivity index (χ2v) is 8.58. The molecular weight excluding hydrogens is 467 g/mol. The largest absolute Gasteiger partial charge is 0.504 e. The monoisotopic (exact) mass is 496 g/mol. The number of hydrogen-bond donors (Lipinski definition) is 5. The minimum atomic E-state index is -0.665. The highest BCUT2D eigenvalue weighted by atomic mass is 16.5. The SMILES string of the molecule is Bc1cnc(Nc2cccc(NC(=O)C(N)Cc3ccccc3)c2)nc1NCc1ccc(O)c(OC)c1. The minimum absolute atomic E-state index is 0.0903. The molecule has 1 unspecified atom stereocenters. The normalized spacial score (nSPS) is 11.4. The lowest BCUT2D eigenvalue weighted by molar-refractivity contribution is -0.117. The van der Waals surface area contributed by atoms with Gasteiger partial charge >= 0.3 is 0 Å². The molecule has 0 aliphatic rings. The lowest BCUT2D eigenvalue weighted by atomic mass is 9.99. The Morgan fingerprint density at radius 2 is 1.84 bits per heavy atom. The fraction of sp³-hybridized carbons (Fsp3) is 0.148. The van der Waals surface area contributed by atoms with E-state index in [1.165, 1.54) is 7.11 Å². The van der Waals surface area contributed by atoms with Crippen LogP contribution in [-0.2, 0) is 17.8 Å². The van der Waals surface area contributed by atoms with Crippen LogP contribution in [0.5, 0.6) is 11.5 Å². The third-order valence-electron chi connectivity index (χ3n) is 5.70. The highest BCUT2D eigenvalue weighted by molar-refractivity contribution is 6.35. The number of ether oxygens (including phenoxy) is 1. The van der Waals surface area contributed by atoms with Crippen LogP contribution in [0.25, 0.3) is 0 Å². The number of hydrogen-bond acceptors (Lipinski definition) is 8. The maximum Gasteiger partial charge on any atom is 0.241 e. The van der Waals surface area contributed by atoms with Crippen LogP contribution in [0.1, 0.15) is 11.1 Å². The molecule has 0 aliphatic carbocycles. The number of nitrogens with zero attached hydrogens (tertiary/aromatic N) is 2. The molecule has 10 heteroatoms. The van der Waals surface area contributed by atoms with Crippen LogP contribution in [-0.4, -0.2) is 42.0 Å². The van der Waals surface area contributed by atoms with E-state index in [9.17, 15) is 9.90 Å². The van der Waals surface area contributed by atoms with Crippen molar-refractivity contribution in [1.29, 1.82) is 0 Å². The summed E-state index contributed by atoms with van der Waals surface area (Å²) in [5, 5.41) is 19.1. The number of phenols is 1. The van der Waals surface area contributed by atoms with Gasteiger partial charge in [-0.1, -0.05) is 42.5 Å². The average Bonchev–Trinajstić information content (AvgIpc) is 2.90. The summed E-state index contributed by atoms with van der Waals surface area (Å²) in [7, 11) is 3.43. The number of anilines is 4. The number of rotatable bonds is 10. The Morgan fingerprint density at radius 1 is 1.05 bits per heavy atom. The molecule has 0 aliphatic heterocycles. The predicted molar refractivity (Wildman–Crippen MR) is 149 cm³/mol. The molecule has 9 nitrogen and oxygen atoms in total. The van der Waals surface area contributed by atoms with Crippen LogP contribution in [0, 0.1) is 0 Å². The van der Waals surface area contributed by atoms with Crippen molar-refractivity contribution in [2.45, 2.75) is 19.0 Å². The molecule has 0 saturated heterocycles. The minimum Gasteiger partial charge on any atom is -0.504 e. The van der Waals surface area contributed by atoms with Crippen molar-refractivity contribution < 1.29 is 14.6 Å². The van der Waals surface area contributed by atoms with Crippen LogP contribution in [0.2, 0.25) is 0 Å². The van der Waals surface area contributed by atoms with Crippen LogP contribution in [0.3, 0.4) is 0 Å². The highest BCUT2D eigenvalue weighted by Gasteiger charge is 2.14. The van der Waals surface area contributed by atoms with E-state index >= 15 is 0 Å². The molecule has 3 aromatic carbocycles. The Balaban J connectivity index is 1.39. The summed E-state index contributed by atoms with van der Waals surface area (Å²) in [6, 6.07) is 21.5. The number of benzene rings is 3. The zero-order chi connectivity index (χ0) is 26.2. The maximum absolute atomic E-state index is 12.6. The van der Waals surface area contributed by atoms with Gasteiger partial charge in [0.2, 0.25) is 11.9 Å². The van der Waals surface area contributed by atoms with E-state index in [1.54, 1.807) is 30.5 Å². The van der Waals surface area contributed by atoms with Crippen molar-refractivity contribution in [1.82, 2.24) is 9.97 Å².